The van der Waals surface area contributed by atoms with Crippen molar-refractivity contribution in [2.45, 2.75) is 33.1 Å². The summed E-state index contributed by atoms with van der Waals surface area (Å²) in [6, 6.07) is 3.56. The van der Waals surface area contributed by atoms with Gasteiger partial charge in [-0.1, -0.05) is 6.92 Å². The minimum atomic E-state index is -0.624. The molecule has 0 saturated carbocycles. The molecule has 0 radical (unpaired) electrons. The van der Waals surface area contributed by atoms with Gasteiger partial charge in [-0.15, -0.1) is 0 Å². The molecular formula is C21H28N4O5. The zero-order valence-electron chi connectivity index (χ0n) is 17.9. The number of carbonyl (C=O) groups excluding carboxylic acids is 2. The molecular weight excluding hydrogens is 388 g/mol. The van der Waals surface area contributed by atoms with Crippen LogP contribution in [-0.4, -0.2) is 40.7 Å². The third-order valence-electron chi connectivity index (χ3n) is 5.66. The van der Waals surface area contributed by atoms with Crippen molar-refractivity contribution >= 4 is 34.3 Å². The summed E-state index contributed by atoms with van der Waals surface area (Å²) in [6.07, 6.45) is 1.60. The number of aromatic nitrogens is 2. The fourth-order valence-electron chi connectivity index (χ4n) is 3.83. The Morgan fingerprint density at radius 3 is 2.13 bits per heavy atom. The summed E-state index contributed by atoms with van der Waals surface area (Å²) in [6.45, 7) is 5.15. The third kappa shape index (κ3) is 3.96. The number of fused-ring (bicyclic) bond motifs is 1. The minimum Gasteiger partial charge on any atom is -0.466 e. The molecule has 1 aliphatic heterocycles. The molecule has 0 unspecified atom stereocenters. The van der Waals surface area contributed by atoms with Crippen LogP contribution in [0.3, 0.4) is 0 Å². The average Bonchev–Trinajstić information content (AvgIpc) is 2.76. The lowest BCUT2D eigenvalue weighted by Crippen LogP contribution is -2.40. The highest BCUT2D eigenvalue weighted by molar-refractivity contribution is 5.98. The summed E-state index contributed by atoms with van der Waals surface area (Å²) in [5.74, 6) is -0.458. The molecule has 162 valence electrons. The summed E-state index contributed by atoms with van der Waals surface area (Å²) in [4.78, 5) is 50.8. The van der Waals surface area contributed by atoms with Gasteiger partial charge >= 0.3 is 17.1 Å². The van der Waals surface area contributed by atoms with Crippen LogP contribution < -0.4 is 21.3 Å². The zero-order chi connectivity index (χ0) is 22.0. The van der Waals surface area contributed by atoms with Crippen LogP contribution >= 0.6 is 0 Å². The van der Waals surface area contributed by atoms with E-state index in [4.69, 9.17) is 4.74 Å². The van der Waals surface area contributed by atoms with E-state index in [2.05, 4.69) is 10.2 Å². The first-order chi connectivity index (χ1) is 14.3. The van der Waals surface area contributed by atoms with Gasteiger partial charge in [0.05, 0.1) is 34.9 Å². The Kier molecular flexibility index (Phi) is 6.28. The molecule has 1 saturated heterocycles. The Balaban J connectivity index is 2.05. The lowest BCUT2D eigenvalue weighted by molar-refractivity contribution is -0.148. The second-order valence-electron chi connectivity index (χ2n) is 7.50. The minimum absolute atomic E-state index is 0.138. The first-order valence-electron chi connectivity index (χ1n) is 10.2. The molecule has 1 N–H and O–H groups in total. The molecule has 30 heavy (non-hydrogen) atoms. The molecule has 9 nitrogen and oxygen atoms in total. The van der Waals surface area contributed by atoms with E-state index in [0.717, 1.165) is 5.69 Å². The van der Waals surface area contributed by atoms with Gasteiger partial charge in [0, 0.05) is 33.6 Å². The number of nitrogens with zero attached hydrogens (tertiary/aromatic N) is 3. The first-order valence-corrected chi connectivity index (χ1v) is 10.2. The molecule has 0 bridgehead atoms. The molecule has 1 fully saturated rings. The Morgan fingerprint density at radius 2 is 1.60 bits per heavy atom. The van der Waals surface area contributed by atoms with Gasteiger partial charge in [0.15, 0.2) is 0 Å². The number of hydrogen-bond donors (Lipinski definition) is 1. The summed E-state index contributed by atoms with van der Waals surface area (Å²) in [5, 5.41) is 2.91. The third-order valence-corrected chi connectivity index (χ3v) is 5.66. The normalized spacial score (nSPS) is 14.7. The van der Waals surface area contributed by atoms with Crippen molar-refractivity contribution in [3.8, 4) is 0 Å². The number of hydrogen-bond acceptors (Lipinski definition) is 6. The topological polar surface area (TPSA) is 103 Å². The maximum Gasteiger partial charge on any atom is 0.316 e. The van der Waals surface area contributed by atoms with Crippen LogP contribution in [0.5, 0.6) is 0 Å². The Hall–Kier alpha value is -3.10. The van der Waals surface area contributed by atoms with Crippen molar-refractivity contribution in [2.24, 2.45) is 20.0 Å². The van der Waals surface area contributed by atoms with Crippen molar-refractivity contribution in [1.29, 1.82) is 0 Å². The number of benzene rings is 1. The van der Waals surface area contributed by atoms with Gasteiger partial charge in [-0.25, -0.2) is 0 Å². The standard InChI is InChI=1S/C21H28N4O5/c1-5-18(26)22-14-11-16-17(24(4)20(28)19(27)23(16)3)12-15(14)25-9-7-13(8-10-25)21(29)30-6-2/h11-13H,5-10H2,1-4H3,(H,22,26). The molecule has 2 aromatic rings. The van der Waals surface area contributed by atoms with Crippen LogP contribution in [0.2, 0.25) is 0 Å². The SMILES string of the molecule is CCOC(=O)C1CCN(c2cc3c(cc2NC(=O)CC)n(C)c(=O)c(=O)n3C)CC1. The van der Waals surface area contributed by atoms with E-state index in [-0.39, 0.29) is 17.8 Å². The fraction of sp³-hybridized carbons (Fsp3) is 0.524. The second-order valence-corrected chi connectivity index (χ2v) is 7.50. The molecule has 9 heteroatoms. The molecule has 3 rings (SSSR count). The molecule has 2 heterocycles. The molecule has 1 amide bonds. The lowest BCUT2D eigenvalue weighted by Gasteiger charge is -2.34. The number of nitrogens with one attached hydrogen (secondary N) is 1. The van der Waals surface area contributed by atoms with Crippen molar-refractivity contribution in [3.05, 3.63) is 32.8 Å². The highest BCUT2D eigenvalue weighted by Gasteiger charge is 2.28. The quantitative estimate of drug-likeness (QED) is 0.583. The molecule has 1 aromatic carbocycles. The summed E-state index contributed by atoms with van der Waals surface area (Å²) >= 11 is 0. The largest absolute Gasteiger partial charge is 0.466 e. The maximum absolute atomic E-state index is 12.3. The fourth-order valence-corrected chi connectivity index (χ4v) is 3.83. The monoisotopic (exact) mass is 416 g/mol. The van der Waals surface area contributed by atoms with Gasteiger partial charge in [0.2, 0.25) is 5.91 Å². The van der Waals surface area contributed by atoms with E-state index in [0.29, 0.717) is 55.7 Å². The van der Waals surface area contributed by atoms with E-state index in [1.54, 1.807) is 34.0 Å². The predicted octanol–water partition coefficient (Wildman–Crippen LogP) is 1.37. The predicted molar refractivity (Wildman–Crippen MR) is 115 cm³/mol. The lowest BCUT2D eigenvalue weighted by atomic mass is 9.96. The molecule has 0 aliphatic carbocycles. The molecule has 0 atom stereocenters. The maximum atomic E-state index is 12.3. The van der Waals surface area contributed by atoms with Crippen LogP contribution in [0, 0.1) is 5.92 Å². The van der Waals surface area contributed by atoms with Crippen molar-refractivity contribution in [3.63, 3.8) is 0 Å². The summed E-state index contributed by atoms with van der Waals surface area (Å²) < 4.78 is 7.77. The number of piperidine rings is 1. The van der Waals surface area contributed by atoms with Crippen LogP contribution in [0.25, 0.3) is 11.0 Å². The first kappa shape index (κ1) is 21.6. The molecule has 1 aromatic heterocycles. The zero-order valence-corrected chi connectivity index (χ0v) is 17.9. The van der Waals surface area contributed by atoms with E-state index in [1.807, 2.05) is 6.07 Å². The van der Waals surface area contributed by atoms with E-state index in [9.17, 15) is 19.2 Å². The van der Waals surface area contributed by atoms with Gasteiger partial charge in [0.1, 0.15) is 0 Å². The van der Waals surface area contributed by atoms with Gasteiger partial charge in [-0.05, 0) is 31.9 Å². The van der Waals surface area contributed by atoms with E-state index < -0.39 is 11.1 Å². The van der Waals surface area contributed by atoms with E-state index in [1.165, 1.54) is 9.13 Å². The van der Waals surface area contributed by atoms with Gasteiger partial charge in [-0.3, -0.25) is 19.2 Å². The van der Waals surface area contributed by atoms with Crippen molar-refractivity contribution < 1.29 is 14.3 Å². The van der Waals surface area contributed by atoms with Crippen LogP contribution in [-0.2, 0) is 28.4 Å². The Bertz CT molecular complexity index is 1090. The summed E-state index contributed by atoms with van der Waals surface area (Å²) in [5.41, 5.74) is 1.26. The van der Waals surface area contributed by atoms with Gasteiger partial charge in [0.25, 0.3) is 0 Å². The molecule has 0 spiro atoms. The number of rotatable bonds is 5. The summed E-state index contributed by atoms with van der Waals surface area (Å²) in [7, 11) is 3.11. The average molecular weight is 416 g/mol. The number of esters is 1. The van der Waals surface area contributed by atoms with Crippen molar-refractivity contribution in [2.75, 3.05) is 29.9 Å². The van der Waals surface area contributed by atoms with Crippen LogP contribution in [0.4, 0.5) is 11.4 Å². The highest BCUT2D eigenvalue weighted by atomic mass is 16.5. The Morgan fingerprint density at radius 1 is 1.03 bits per heavy atom. The number of anilines is 2. The molecule has 1 aliphatic rings. The van der Waals surface area contributed by atoms with Crippen molar-refractivity contribution in [1.82, 2.24) is 9.13 Å². The number of ether oxygens (including phenoxy) is 1. The van der Waals surface area contributed by atoms with Crippen LogP contribution in [0.1, 0.15) is 33.1 Å². The number of aryl methyl sites for hydroxylation is 2. The van der Waals surface area contributed by atoms with E-state index >= 15 is 0 Å². The highest BCUT2D eigenvalue weighted by Crippen LogP contribution is 2.33. The van der Waals surface area contributed by atoms with Gasteiger partial charge in [-0.2, -0.15) is 0 Å². The second kappa shape index (κ2) is 8.73. The number of carbonyl (C=O) groups is 2. The Labute approximate surface area is 174 Å². The smallest absolute Gasteiger partial charge is 0.316 e. The number of amides is 1. The van der Waals surface area contributed by atoms with Crippen LogP contribution in [0.15, 0.2) is 21.7 Å². The van der Waals surface area contributed by atoms with Gasteiger partial charge < -0.3 is 24.1 Å².